The lowest BCUT2D eigenvalue weighted by atomic mass is 10.3. The van der Waals surface area contributed by atoms with Gasteiger partial charge in [0.2, 0.25) is 0 Å². The number of sulfone groups is 1. The van der Waals surface area contributed by atoms with Gasteiger partial charge in [-0.05, 0) is 12.1 Å². The van der Waals surface area contributed by atoms with Gasteiger partial charge in [-0.25, -0.2) is 12.8 Å². The highest BCUT2D eigenvalue weighted by atomic mass is 32.2. The SMILES string of the molecule is CC(C)NCC(O)CS(=O)(=O)c1ccccc1F. The summed E-state index contributed by atoms with van der Waals surface area (Å²) in [4.78, 5) is -0.367. The minimum Gasteiger partial charge on any atom is -0.391 e. The van der Waals surface area contributed by atoms with Gasteiger partial charge in [0.25, 0.3) is 0 Å². The Morgan fingerprint density at radius 3 is 2.50 bits per heavy atom. The second-order valence-corrected chi connectivity index (χ2v) is 6.43. The Balaban J connectivity index is 2.74. The average molecular weight is 275 g/mol. The van der Waals surface area contributed by atoms with Crippen LogP contribution in [0.15, 0.2) is 29.2 Å². The van der Waals surface area contributed by atoms with E-state index in [-0.39, 0.29) is 17.5 Å². The summed E-state index contributed by atoms with van der Waals surface area (Å²) in [6.07, 6.45) is -1.06. The lowest BCUT2D eigenvalue weighted by Crippen LogP contribution is -2.36. The fourth-order valence-electron chi connectivity index (χ4n) is 1.47. The molecule has 0 aliphatic heterocycles. The van der Waals surface area contributed by atoms with Crippen LogP contribution in [-0.4, -0.2) is 38.0 Å². The van der Waals surface area contributed by atoms with Gasteiger partial charge < -0.3 is 10.4 Å². The fourth-order valence-corrected chi connectivity index (χ4v) is 2.93. The van der Waals surface area contributed by atoms with Gasteiger partial charge in [0.15, 0.2) is 9.84 Å². The maximum Gasteiger partial charge on any atom is 0.183 e. The van der Waals surface area contributed by atoms with Crippen LogP contribution in [0.25, 0.3) is 0 Å². The molecule has 0 saturated heterocycles. The number of rotatable bonds is 6. The third kappa shape index (κ3) is 4.36. The van der Waals surface area contributed by atoms with Crippen molar-refractivity contribution in [3.8, 4) is 0 Å². The molecule has 0 saturated carbocycles. The Morgan fingerprint density at radius 1 is 1.33 bits per heavy atom. The topological polar surface area (TPSA) is 66.4 Å². The van der Waals surface area contributed by atoms with E-state index in [1.165, 1.54) is 18.2 Å². The van der Waals surface area contributed by atoms with Gasteiger partial charge in [0.05, 0.1) is 11.9 Å². The van der Waals surface area contributed by atoms with Crippen LogP contribution in [0.5, 0.6) is 0 Å². The number of benzene rings is 1. The molecular formula is C12H18FNO3S. The standard InChI is InChI=1S/C12H18FNO3S/c1-9(2)14-7-10(15)8-18(16,17)12-6-4-3-5-11(12)13/h3-6,9-10,14-15H,7-8H2,1-2H3. The number of hydrogen-bond donors (Lipinski definition) is 2. The van der Waals surface area contributed by atoms with Gasteiger partial charge in [-0.2, -0.15) is 0 Å². The summed E-state index contributed by atoms with van der Waals surface area (Å²) < 4.78 is 37.1. The first-order chi connectivity index (χ1) is 8.33. The molecule has 0 aromatic heterocycles. The molecule has 1 unspecified atom stereocenters. The zero-order valence-electron chi connectivity index (χ0n) is 10.4. The molecule has 0 aliphatic rings. The molecule has 0 radical (unpaired) electrons. The van der Waals surface area contributed by atoms with E-state index in [2.05, 4.69) is 5.32 Å². The van der Waals surface area contributed by atoms with Crippen molar-refractivity contribution in [2.75, 3.05) is 12.3 Å². The lowest BCUT2D eigenvalue weighted by Gasteiger charge is -2.14. The fraction of sp³-hybridized carbons (Fsp3) is 0.500. The van der Waals surface area contributed by atoms with Crippen LogP contribution >= 0.6 is 0 Å². The molecule has 1 rings (SSSR count). The minimum absolute atomic E-state index is 0.149. The Kier molecular flexibility index (Phi) is 5.25. The second-order valence-electron chi connectivity index (χ2n) is 4.43. The van der Waals surface area contributed by atoms with Crippen LogP contribution in [0.2, 0.25) is 0 Å². The summed E-state index contributed by atoms with van der Waals surface area (Å²) in [7, 11) is -3.80. The van der Waals surface area contributed by atoms with E-state index in [0.29, 0.717) is 0 Å². The molecule has 6 heteroatoms. The summed E-state index contributed by atoms with van der Waals surface area (Å²) in [5.41, 5.74) is 0. The van der Waals surface area contributed by atoms with Crippen molar-refractivity contribution in [3.63, 3.8) is 0 Å². The second kappa shape index (κ2) is 6.26. The van der Waals surface area contributed by atoms with Gasteiger partial charge in [-0.3, -0.25) is 0 Å². The van der Waals surface area contributed by atoms with Gasteiger partial charge in [0.1, 0.15) is 10.7 Å². The third-order valence-corrected chi connectivity index (χ3v) is 4.17. The Labute approximate surface area is 107 Å². The average Bonchev–Trinajstić information content (AvgIpc) is 2.26. The van der Waals surface area contributed by atoms with E-state index in [9.17, 15) is 17.9 Å². The first kappa shape index (κ1) is 15.1. The number of aliphatic hydroxyl groups is 1. The molecule has 102 valence electrons. The van der Waals surface area contributed by atoms with Crippen molar-refractivity contribution in [1.82, 2.24) is 5.32 Å². The molecule has 1 atom stereocenters. The Morgan fingerprint density at radius 2 is 1.94 bits per heavy atom. The predicted octanol–water partition coefficient (Wildman–Crippen LogP) is 0.958. The Hall–Kier alpha value is -0.980. The minimum atomic E-state index is -3.80. The van der Waals surface area contributed by atoms with E-state index < -0.39 is 27.5 Å². The molecule has 0 spiro atoms. The van der Waals surface area contributed by atoms with Crippen molar-refractivity contribution < 1.29 is 17.9 Å². The van der Waals surface area contributed by atoms with Gasteiger partial charge >= 0.3 is 0 Å². The monoisotopic (exact) mass is 275 g/mol. The van der Waals surface area contributed by atoms with Crippen LogP contribution in [0.3, 0.4) is 0 Å². The van der Waals surface area contributed by atoms with Gasteiger partial charge in [-0.1, -0.05) is 26.0 Å². The van der Waals surface area contributed by atoms with Crippen LogP contribution in [-0.2, 0) is 9.84 Å². The van der Waals surface area contributed by atoms with Gasteiger partial charge in [0, 0.05) is 12.6 Å². The van der Waals surface area contributed by atoms with Crippen molar-refractivity contribution in [3.05, 3.63) is 30.1 Å². The van der Waals surface area contributed by atoms with Crippen molar-refractivity contribution in [1.29, 1.82) is 0 Å². The molecule has 0 fully saturated rings. The molecule has 4 nitrogen and oxygen atoms in total. The third-order valence-electron chi connectivity index (χ3n) is 2.35. The molecule has 0 aliphatic carbocycles. The smallest absolute Gasteiger partial charge is 0.183 e. The van der Waals surface area contributed by atoms with Crippen LogP contribution in [0.1, 0.15) is 13.8 Å². The maximum absolute atomic E-state index is 13.4. The largest absolute Gasteiger partial charge is 0.391 e. The lowest BCUT2D eigenvalue weighted by molar-refractivity contribution is 0.190. The first-order valence-corrected chi connectivity index (χ1v) is 7.37. The summed E-state index contributed by atoms with van der Waals surface area (Å²) in [5, 5.41) is 12.5. The molecule has 1 aromatic rings. The summed E-state index contributed by atoms with van der Waals surface area (Å²) in [6.45, 7) is 3.93. The Bertz CT molecular complexity index is 488. The molecule has 1 aromatic carbocycles. The molecule has 0 bridgehead atoms. The first-order valence-electron chi connectivity index (χ1n) is 5.71. The zero-order valence-corrected chi connectivity index (χ0v) is 11.2. The number of nitrogens with one attached hydrogen (secondary N) is 1. The van der Waals surface area contributed by atoms with Crippen LogP contribution in [0, 0.1) is 5.82 Å². The molecule has 2 N–H and O–H groups in total. The summed E-state index contributed by atoms with van der Waals surface area (Å²) in [5.74, 6) is -1.28. The highest BCUT2D eigenvalue weighted by Crippen LogP contribution is 2.15. The van der Waals surface area contributed by atoms with Crippen LogP contribution in [0.4, 0.5) is 4.39 Å². The predicted molar refractivity (Wildman–Crippen MR) is 67.6 cm³/mol. The molecule has 0 amide bonds. The number of halogens is 1. The normalized spacial score (nSPS) is 13.8. The van der Waals surface area contributed by atoms with E-state index >= 15 is 0 Å². The van der Waals surface area contributed by atoms with E-state index in [1.807, 2.05) is 13.8 Å². The summed E-state index contributed by atoms with van der Waals surface area (Å²) >= 11 is 0. The van der Waals surface area contributed by atoms with Crippen LogP contribution < -0.4 is 5.32 Å². The maximum atomic E-state index is 13.4. The van der Waals surface area contributed by atoms with E-state index in [0.717, 1.165) is 6.07 Å². The quantitative estimate of drug-likeness (QED) is 0.811. The molecule has 0 heterocycles. The van der Waals surface area contributed by atoms with Crippen molar-refractivity contribution >= 4 is 9.84 Å². The van der Waals surface area contributed by atoms with E-state index in [4.69, 9.17) is 0 Å². The zero-order chi connectivity index (χ0) is 13.8. The van der Waals surface area contributed by atoms with Crippen molar-refractivity contribution in [2.45, 2.75) is 30.9 Å². The number of hydrogen-bond acceptors (Lipinski definition) is 4. The summed E-state index contributed by atoms with van der Waals surface area (Å²) in [6, 6.07) is 5.31. The van der Waals surface area contributed by atoms with E-state index in [1.54, 1.807) is 0 Å². The molecule has 18 heavy (non-hydrogen) atoms. The van der Waals surface area contributed by atoms with Gasteiger partial charge in [-0.15, -0.1) is 0 Å². The highest BCUT2D eigenvalue weighted by molar-refractivity contribution is 7.91. The molecular weight excluding hydrogens is 257 g/mol. The number of aliphatic hydroxyl groups excluding tert-OH is 1. The van der Waals surface area contributed by atoms with Crippen molar-refractivity contribution in [2.24, 2.45) is 0 Å². The highest BCUT2D eigenvalue weighted by Gasteiger charge is 2.22.